The number of aliphatic carboxylic acids is 1. The van der Waals surface area contributed by atoms with Crippen molar-refractivity contribution in [3.05, 3.63) is 54.1 Å². The minimum absolute atomic E-state index is 0.0137. The number of rotatable bonds is 5. The van der Waals surface area contributed by atoms with Crippen LogP contribution in [0.3, 0.4) is 0 Å². The normalized spacial score (nSPS) is 21.1. The van der Waals surface area contributed by atoms with E-state index in [9.17, 15) is 24.3 Å². The zero-order valence-corrected chi connectivity index (χ0v) is 19.5. The maximum atomic E-state index is 13.5. The summed E-state index contributed by atoms with van der Waals surface area (Å²) >= 11 is 0. The summed E-state index contributed by atoms with van der Waals surface area (Å²) in [5.41, 5.74) is 2.27. The minimum Gasteiger partial charge on any atom is -0.481 e. The zero-order chi connectivity index (χ0) is 24.6. The van der Waals surface area contributed by atoms with Crippen molar-refractivity contribution in [1.82, 2.24) is 9.80 Å². The van der Waals surface area contributed by atoms with Crippen LogP contribution in [0.4, 0.5) is 5.69 Å². The standard InChI is InChI=1S/C27H29N3O5/c31-23(15-27(16-24(32)33)10-4-5-11-27)29-12-13-30-22(17-29)25(34)28-21-9-8-19(14-20(21)26(30)35)18-6-2-1-3-7-18/h1-3,6-9,14,22H,4-5,10-13,15-17H2,(H,28,34)(H,32,33). The lowest BCUT2D eigenvalue weighted by atomic mass is 9.79. The first-order chi connectivity index (χ1) is 16.8. The number of piperazine rings is 1. The number of benzene rings is 2. The molecule has 2 fully saturated rings. The summed E-state index contributed by atoms with van der Waals surface area (Å²) in [7, 11) is 0. The van der Waals surface area contributed by atoms with E-state index >= 15 is 0 Å². The molecule has 0 aromatic heterocycles. The van der Waals surface area contributed by atoms with Crippen LogP contribution < -0.4 is 5.32 Å². The second-order valence-corrected chi connectivity index (χ2v) is 9.92. The Hall–Kier alpha value is -3.68. The molecule has 2 aromatic rings. The Labute approximate surface area is 203 Å². The van der Waals surface area contributed by atoms with Crippen LogP contribution in [-0.2, 0) is 14.4 Å². The van der Waals surface area contributed by atoms with E-state index in [0.717, 1.165) is 36.8 Å². The van der Waals surface area contributed by atoms with E-state index in [1.807, 2.05) is 42.5 Å². The van der Waals surface area contributed by atoms with Crippen molar-refractivity contribution < 1.29 is 24.3 Å². The van der Waals surface area contributed by atoms with E-state index in [2.05, 4.69) is 5.32 Å². The van der Waals surface area contributed by atoms with Gasteiger partial charge in [0.25, 0.3) is 5.91 Å². The lowest BCUT2D eigenvalue weighted by Gasteiger charge is -2.40. The van der Waals surface area contributed by atoms with Crippen molar-refractivity contribution in [2.45, 2.75) is 44.6 Å². The Kier molecular flexibility index (Phi) is 6.05. The molecule has 8 heteroatoms. The predicted octanol–water partition coefficient (Wildman–Crippen LogP) is 3.38. The third kappa shape index (κ3) is 4.52. The van der Waals surface area contributed by atoms with Crippen LogP contribution in [-0.4, -0.2) is 64.3 Å². The summed E-state index contributed by atoms with van der Waals surface area (Å²) in [5, 5.41) is 12.2. The molecule has 5 rings (SSSR count). The number of nitrogens with zero attached hydrogens (tertiary/aromatic N) is 2. The quantitative estimate of drug-likeness (QED) is 0.690. The number of nitrogens with one attached hydrogen (secondary N) is 1. The van der Waals surface area contributed by atoms with Gasteiger partial charge in [-0.05, 0) is 41.5 Å². The molecule has 1 saturated carbocycles. The molecule has 3 aliphatic rings. The number of carboxylic acid groups (broad SMARTS) is 1. The summed E-state index contributed by atoms with van der Waals surface area (Å²) in [6.45, 7) is 0.688. The number of fused-ring (bicyclic) bond motifs is 2. The fourth-order valence-corrected chi connectivity index (χ4v) is 5.78. The van der Waals surface area contributed by atoms with Crippen molar-refractivity contribution in [3.63, 3.8) is 0 Å². The van der Waals surface area contributed by atoms with Gasteiger partial charge >= 0.3 is 5.97 Å². The van der Waals surface area contributed by atoms with Gasteiger partial charge in [0, 0.05) is 19.5 Å². The van der Waals surface area contributed by atoms with Gasteiger partial charge in [-0.15, -0.1) is 0 Å². The Bertz CT molecular complexity index is 1170. The summed E-state index contributed by atoms with van der Waals surface area (Å²) in [5.74, 6) is -1.57. The highest BCUT2D eigenvalue weighted by Crippen LogP contribution is 2.44. The maximum Gasteiger partial charge on any atom is 0.303 e. The molecule has 1 atom stereocenters. The van der Waals surface area contributed by atoms with Gasteiger partial charge in [0.05, 0.1) is 24.2 Å². The molecule has 2 N–H and O–H groups in total. The monoisotopic (exact) mass is 475 g/mol. The smallest absolute Gasteiger partial charge is 0.303 e. The fourth-order valence-electron chi connectivity index (χ4n) is 5.78. The summed E-state index contributed by atoms with van der Waals surface area (Å²) in [6.07, 6.45) is 3.47. The van der Waals surface area contributed by atoms with Crippen molar-refractivity contribution in [2.24, 2.45) is 5.41 Å². The maximum absolute atomic E-state index is 13.5. The number of hydrogen-bond acceptors (Lipinski definition) is 4. The molecule has 35 heavy (non-hydrogen) atoms. The van der Waals surface area contributed by atoms with Crippen molar-refractivity contribution in [2.75, 3.05) is 25.0 Å². The number of amides is 3. The van der Waals surface area contributed by atoms with E-state index in [4.69, 9.17) is 0 Å². The summed E-state index contributed by atoms with van der Waals surface area (Å²) < 4.78 is 0. The number of carbonyl (C=O) groups excluding carboxylic acids is 3. The Balaban J connectivity index is 1.35. The van der Waals surface area contributed by atoms with Gasteiger partial charge in [-0.1, -0.05) is 49.2 Å². The molecule has 8 nitrogen and oxygen atoms in total. The first-order valence-electron chi connectivity index (χ1n) is 12.2. The second kappa shape index (κ2) is 9.17. The van der Waals surface area contributed by atoms with Gasteiger partial charge in [-0.3, -0.25) is 19.2 Å². The van der Waals surface area contributed by atoms with E-state index in [0.29, 0.717) is 17.8 Å². The Morgan fingerprint density at radius 1 is 0.971 bits per heavy atom. The third-order valence-electron chi connectivity index (χ3n) is 7.63. The predicted molar refractivity (Wildman–Crippen MR) is 130 cm³/mol. The average molecular weight is 476 g/mol. The van der Waals surface area contributed by atoms with Crippen LogP contribution >= 0.6 is 0 Å². The number of carboxylic acids is 1. The van der Waals surface area contributed by atoms with Crippen LogP contribution in [0, 0.1) is 5.41 Å². The van der Waals surface area contributed by atoms with Crippen LogP contribution in [0.25, 0.3) is 11.1 Å². The molecule has 0 radical (unpaired) electrons. The van der Waals surface area contributed by atoms with Crippen LogP contribution in [0.1, 0.15) is 48.9 Å². The zero-order valence-electron chi connectivity index (χ0n) is 19.5. The number of hydrogen-bond donors (Lipinski definition) is 2. The first-order valence-corrected chi connectivity index (χ1v) is 12.2. The first kappa shape index (κ1) is 23.1. The molecule has 0 spiro atoms. The van der Waals surface area contributed by atoms with E-state index < -0.39 is 17.4 Å². The molecule has 182 valence electrons. The minimum atomic E-state index is -0.883. The molecular formula is C27H29N3O5. The highest BCUT2D eigenvalue weighted by atomic mass is 16.4. The van der Waals surface area contributed by atoms with E-state index in [-0.39, 0.29) is 43.7 Å². The van der Waals surface area contributed by atoms with Gasteiger partial charge < -0.3 is 20.2 Å². The van der Waals surface area contributed by atoms with E-state index in [1.54, 1.807) is 15.9 Å². The summed E-state index contributed by atoms with van der Waals surface area (Å²) in [6, 6.07) is 14.4. The second-order valence-electron chi connectivity index (χ2n) is 9.92. The molecule has 2 aliphatic heterocycles. The van der Waals surface area contributed by atoms with Gasteiger partial charge in [0.1, 0.15) is 6.04 Å². The highest BCUT2D eigenvalue weighted by Gasteiger charge is 2.43. The van der Waals surface area contributed by atoms with Gasteiger partial charge in [0.2, 0.25) is 11.8 Å². The fraction of sp³-hybridized carbons (Fsp3) is 0.407. The highest BCUT2D eigenvalue weighted by molar-refractivity contribution is 6.10. The molecule has 1 aliphatic carbocycles. The van der Waals surface area contributed by atoms with Gasteiger partial charge in [-0.2, -0.15) is 0 Å². The molecular weight excluding hydrogens is 446 g/mol. The molecule has 0 bridgehead atoms. The van der Waals surface area contributed by atoms with Gasteiger partial charge in [0.15, 0.2) is 0 Å². The lowest BCUT2D eigenvalue weighted by molar-refractivity contribution is -0.142. The molecule has 1 unspecified atom stereocenters. The Morgan fingerprint density at radius 3 is 2.43 bits per heavy atom. The molecule has 3 amide bonds. The van der Waals surface area contributed by atoms with Gasteiger partial charge in [-0.25, -0.2) is 0 Å². The molecule has 1 saturated heterocycles. The average Bonchev–Trinajstić information content (AvgIpc) is 3.27. The van der Waals surface area contributed by atoms with Crippen LogP contribution in [0.2, 0.25) is 0 Å². The molecule has 2 heterocycles. The Morgan fingerprint density at radius 2 is 1.71 bits per heavy atom. The van der Waals surface area contributed by atoms with Crippen LogP contribution in [0.5, 0.6) is 0 Å². The number of carbonyl (C=O) groups is 4. The van der Waals surface area contributed by atoms with Crippen molar-refractivity contribution in [1.29, 1.82) is 0 Å². The summed E-state index contributed by atoms with van der Waals surface area (Å²) in [4.78, 5) is 54.4. The van der Waals surface area contributed by atoms with Crippen molar-refractivity contribution in [3.8, 4) is 11.1 Å². The number of anilines is 1. The molecule has 2 aromatic carbocycles. The van der Waals surface area contributed by atoms with E-state index in [1.165, 1.54) is 0 Å². The third-order valence-corrected chi connectivity index (χ3v) is 7.63. The lowest BCUT2D eigenvalue weighted by Crippen LogP contribution is -2.59. The SMILES string of the molecule is O=C(O)CC1(CC(=O)N2CCN3C(=O)c4cc(-c5ccccc5)ccc4NC(=O)C3C2)CCCC1. The van der Waals surface area contributed by atoms with Crippen molar-refractivity contribution >= 4 is 29.4 Å². The topological polar surface area (TPSA) is 107 Å². The van der Waals surface area contributed by atoms with Crippen LogP contribution in [0.15, 0.2) is 48.5 Å². The largest absolute Gasteiger partial charge is 0.481 e.